The summed E-state index contributed by atoms with van der Waals surface area (Å²) in [6.07, 6.45) is -1.28. The Bertz CT molecular complexity index is 197. The third-order valence-corrected chi connectivity index (χ3v) is 2.23. The molecule has 14 heavy (non-hydrogen) atoms. The topological polar surface area (TPSA) is 68.1 Å². The number of hydrogen-bond acceptors (Lipinski definition) is 5. The van der Waals surface area contributed by atoms with Crippen LogP contribution >= 0.6 is 0 Å². The van der Waals surface area contributed by atoms with Crippen molar-refractivity contribution in [3.8, 4) is 0 Å². The number of aliphatic hydroxyl groups excluding tert-OH is 1. The molecule has 1 aliphatic rings. The molecule has 1 rings (SSSR count). The second kappa shape index (κ2) is 4.82. The third kappa shape index (κ3) is 2.73. The highest BCUT2D eigenvalue weighted by Gasteiger charge is 2.37. The Kier molecular flexibility index (Phi) is 3.97. The highest BCUT2D eigenvalue weighted by atomic mass is 16.7. The Morgan fingerprint density at radius 3 is 2.71 bits per heavy atom. The summed E-state index contributed by atoms with van der Waals surface area (Å²) < 4.78 is 10.7. The lowest BCUT2D eigenvalue weighted by Crippen LogP contribution is -2.47. The number of nitrogens with zero attached hydrogens (tertiary/aromatic N) is 1. The molecule has 5 nitrogen and oxygen atoms in total. The van der Waals surface area contributed by atoms with Gasteiger partial charge >= 0.3 is 0 Å². The van der Waals surface area contributed by atoms with Gasteiger partial charge in [0.1, 0.15) is 6.04 Å². The van der Waals surface area contributed by atoms with E-state index in [4.69, 9.17) is 9.47 Å². The van der Waals surface area contributed by atoms with Crippen molar-refractivity contribution in [2.75, 3.05) is 0 Å². The van der Waals surface area contributed by atoms with Gasteiger partial charge in [-0.2, -0.15) is 4.91 Å². The van der Waals surface area contributed by atoms with Crippen molar-refractivity contribution in [3.63, 3.8) is 0 Å². The number of aliphatic hydroxyl groups is 1. The van der Waals surface area contributed by atoms with Crippen LogP contribution in [0.2, 0.25) is 0 Å². The first-order valence-corrected chi connectivity index (χ1v) is 4.86. The smallest absolute Gasteiger partial charge is 0.184 e. The Hall–Kier alpha value is -0.520. The molecule has 0 saturated carbocycles. The number of hydrogen-bond donors (Lipinski definition) is 1. The molecule has 5 heteroatoms. The van der Waals surface area contributed by atoms with Crippen molar-refractivity contribution >= 4 is 0 Å². The molecule has 4 atom stereocenters. The predicted octanol–water partition coefficient (Wildman–Crippen LogP) is 1.04. The zero-order valence-corrected chi connectivity index (χ0v) is 8.71. The molecule has 0 aromatic carbocycles. The van der Waals surface area contributed by atoms with Gasteiger partial charge in [-0.1, -0.05) is 5.18 Å². The van der Waals surface area contributed by atoms with Crippen LogP contribution in [0, 0.1) is 4.91 Å². The zero-order chi connectivity index (χ0) is 10.7. The van der Waals surface area contributed by atoms with E-state index < -0.39 is 18.4 Å². The Balaban J connectivity index is 2.58. The van der Waals surface area contributed by atoms with Gasteiger partial charge in [0.05, 0.1) is 18.3 Å². The minimum Gasteiger partial charge on any atom is -0.390 e. The van der Waals surface area contributed by atoms with Gasteiger partial charge in [-0.25, -0.2) is 0 Å². The lowest BCUT2D eigenvalue weighted by Gasteiger charge is -2.35. The lowest BCUT2D eigenvalue weighted by molar-refractivity contribution is -0.237. The molecule has 0 aromatic heterocycles. The minimum atomic E-state index is -0.635. The van der Waals surface area contributed by atoms with E-state index in [0.717, 1.165) is 0 Å². The fourth-order valence-electron chi connectivity index (χ4n) is 1.43. The van der Waals surface area contributed by atoms with Gasteiger partial charge in [0.2, 0.25) is 0 Å². The molecule has 1 N–H and O–H groups in total. The summed E-state index contributed by atoms with van der Waals surface area (Å²) in [4.78, 5) is 10.5. The van der Waals surface area contributed by atoms with Gasteiger partial charge in [-0.15, -0.1) is 0 Å². The van der Waals surface area contributed by atoms with Crippen LogP contribution < -0.4 is 0 Å². The van der Waals surface area contributed by atoms with Crippen LogP contribution in [-0.4, -0.2) is 35.8 Å². The first-order chi connectivity index (χ1) is 6.54. The SMILES string of the molecule is CC(C)O[C@@H]1OC(C)[C@H](O)CC1N=O. The Labute approximate surface area is 83.4 Å². The number of nitroso groups, excluding NO2 is 1. The minimum absolute atomic E-state index is 0.0216. The molecule has 1 heterocycles. The summed E-state index contributed by atoms with van der Waals surface area (Å²) in [5.74, 6) is 0. The standard InChI is InChI=1S/C9H17NO4/c1-5(2)13-9-7(10-12)4-8(11)6(3)14-9/h5-9,11H,4H2,1-3H3/t6?,7?,8-,9-/m1/s1. The highest BCUT2D eigenvalue weighted by Crippen LogP contribution is 2.24. The largest absolute Gasteiger partial charge is 0.390 e. The van der Waals surface area contributed by atoms with Gasteiger partial charge in [0, 0.05) is 6.42 Å². The molecule has 0 aliphatic carbocycles. The van der Waals surface area contributed by atoms with Crippen LogP contribution in [0.5, 0.6) is 0 Å². The van der Waals surface area contributed by atoms with Crippen LogP contribution in [0.15, 0.2) is 5.18 Å². The second-order valence-electron chi connectivity index (χ2n) is 3.87. The van der Waals surface area contributed by atoms with E-state index in [1.165, 1.54) is 0 Å². The maximum absolute atomic E-state index is 10.5. The van der Waals surface area contributed by atoms with Crippen molar-refractivity contribution in [2.45, 2.75) is 57.8 Å². The summed E-state index contributed by atoms with van der Waals surface area (Å²) >= 11 is 0. The quantitative estimate of drug-likeness (QED) is 0.696. The second-order valence-corrected chi connectivity index (χ2v) is 3.87. The van der Waals surface area contributed by atoms with Crippen LogP contribution in [0.4, 0.5) is 0 Å². The van der Waals surface area contributed by atoms with Gasteiger partial charge in [0.25, 0.3) is 0 Å². The van der Waals surface area contributed by atoms with E-state index in [2.05, 4.69) is 5.18 Å². The molecule has 1 saturated heterocycles. The van der Waals surface area contributed by atoms with Crippen molar-refractivity contribution < 1.29 is 14.6 Å². The molecule has 0 radical (unpaired) electrons. The van der Waals surface area contributed by atoms with E-state index in [1.807, 2.05) is 13.8 Å². The first-order valence-electron chi connectivity index (χ1n) is 4.86. The zero-order valence-electron chi connectivity index (χ0n) is 8.71. The van der Waals surface area contributed by atoms with Crippen molar-refractivity contribution in [1.29, 1.82) is 0 Å². The molecule has 0 spiro atoms. The van der Waals surface area contributed by atoms with Crippen LogP contribution in [0.25, 0.3) is 0 Å². The fraction of sp³-hybridized carbons (Fsp3) is 1.00. The van der Waals surface area contributed by atoms with Crippen molar-refractivity contribution in [3.05, 3.63) is 4.91 Å². The van der Waals surface area contributed by atoms with E-state index >= 15 is 0 Å². The summed E-state index contributed by atoms with van der Waals surface area (Å²) in [6, 6.07) is -0.608. The van der Waals surface area contributed by atoms with Gasteiger partial charge in [-0.3, -0.25) is 0 Å². The first kappa shape index (κ1) is 11.6. The fourth-order valence-corrected chi connectivity index (χ4v) is 1.43. The number of ether oxygens (including phenoxy) is 2. The Morgan fingerprint density at radius 2 is 2.21 bits per heavy atom. The Morgan fingerprint density at radius 1 is 1.57 bits per heavy atom. The van der Waals surface area contributed by atoms with E-state index in [1.54, 1.807) is 6.92 Å². The van der Waals surface area contributed by atoms with Crippen LogP contribution in [-0.2, 0) is 9.47 Å². The maximum Gasteiger partial charge on any atom is 0.184 e. The molecule has 0 bridgehead atoms. The molecular formula is C9H17NO4. The van der Waals surface area contributed by atoms with Crippen LogP contribution in [0.3, 0.4) is 0 Å². The molecule has 1 fully saturated rings. The van der Waals surface area contributed by atoms with E-state index in [9.17, 15) is 10.0 Å². The van der Waals surface area contributed by atoms with Crippen LogP contribution in [0.1, 0.15) is 27.2 Å². The van der Waals surface area contributed by atoms with Crippen molar-refractivity contribution in [1.82, 2.24) is 0 Å². The summed E-state index contributed by atoms with van der Waals surface area (Å²) in [6.45, 7) is 5.48. The molecule has 0 aromatic rings. The summed E-state index contributed by atoms with van der Waals surface area (Å²) in [7, 11) is 0. The summed E-state index contributed by atoms with van der Waals surface area (Å²) in [5, 5.41) is 12.4. The van der Waals surface area contributed by atoms with Gasteiger partial charge in [0.15, 0.2) is 6.29 Å². The molecule has 82 valence electrons. The molecule has 0 amide bonds. The lowest BCUT2D eigenvalue weighted by atomic mass is 10.0. The molecule has 1 aliphatic heterocycles. The monoisotopic (exact) mass is 203 g/mol. The van der Waals surface area contributed by atoms with Gasteiger partial charge in [-0.05, 0) is 20.8 Å². The molecule has 2 unspecified atom stereocenters. The van der Waals surface area contributed by atoms with E-state index in [-0.39, 0.29) is 12.2 Å². The van der Waals surface area contributed by atoms with E-state index in [0.29, 0.717) is 6.42 Å². The molecular weight excluding hydrogens is 186 g/mol. The average Bonchev–Trinajstić information content (AvgIpc) is 2.10. The number of rotatable bonds is 3. The van der Waals surface area contributed by atoms with Crippen molar-refractivity contribution in [2.24, 2.45) is 5.18 Å². The highest BCUT2D eigenvalue weighted by molar-refractivity contribution is 4.83. The maximum atomic E-state index is 10.5. The summed E-state index contributed by atoms with van der Waals surface area (Å²) in [5.41, 5.74) is 0. The third-order valence-electron chi connectivity index (χ3n) is 2.23. The predicted molar refractivity (Wildman–Crippen MR) is 50.8 cm³/mol. The average molecular weight is 203 g/mol. The normalized spacial score (nSPS) is 38.6. The van der Waals surface area contributed by atoms with Gasteiger partial charge < -0.3 is 14.6 Å².